The summed E-state index contributed by atoms with van der Waals surface area (Å²) in [6, 6.07) is 15.1. The van der Waals surface area contributed by atoms with E-state index in [1.165, 1.54) is 0 Å². The van der Waals surface area contributed by atoms with Crippen LogP contribution in [-0.2, 0) is 14.3 Å². The third kappa shape index (κ3) is 4.26. The quantitative estimate of drug-likeness (QED) is 0.779. The van der Waals surface area contributed by atoms with Gasteiger partial charge in [-0.25, -0.2) is 9.59 Å². The van der Waals surface area contributed by atoms with Crippen LogP contribution in [0.4, 0.5) is 4.79 Å². The third-order valence-corrected chi connectivity index (χ3v) is 5.48. The van der Waals surface area contributed by atoms with Gasteiger partial charge in [0.1, 0.15) is 12.6 Å². The van der Waals surface area contributed by atoms with Gasteiger partial charge in [0.05, 0.1) is 13.2 Å². The second-order valence-corrected chi connectivity index (χ2v) is 7.27. The van der Waals surface area contributed by atoms with E-state index in [9.17, 15) is 14.7 Å². The molecular weight excluding hydrogens is 372 g/mol. The molecule has 4 rings (SSSR count). The highest BCUT2D eigenvalue weighted by Gasteiger charge is 2.30. The highest BCUT2D eigenvalue weighted by Crippen LogP contribution is 2.44. The minimum atomic E-state index is -1.08. The molecule has 2 aliphatic rings. The van der Waals surface area contributed by atoms with E-state index < -0.39 is 18.1 Å². The molecule has 0 saturated carbocycles. The Morgan fingerprint density at radius 1 is 1.07 bits per heavy atom. The molecule has 1 aliphatic heterocycles. The zero-order valence-corrected chi connectivity index (χ0v) is 16.0. The second kappa shape index (κ2) is 8.63. The number of amides is 1. The first kappa shape index (κ1) is 19.4. The van der Waals surface area contributed by atoms with Crippen molar-refractivity contribution in [3.8, 4) is 11.1 Å². The van der Waals surface area contributed by atoms with Crippen LogP contribution in [0.25, 0.3) is 11.1 Å². The number of fused-ring (bicyclic) bond motifs is 3. The zero-order chi connectivity index (χ0) is 20.2. The Labute approximate surface area is 169 Å². The summed E-state index contributed by atoms with van der Waals surface area (Å²) >= 11 is 0. The van der Waals surface area contributed by atoms with Crippen LogP contribution < -0.4 is 5.32 Å². The van der Waals surface area contributed by atoms with E-state index in [-0.39, 0.29) is 19.1 Å². The van der Waals surface area contributed by atoms with Gasteiger partial charge in [-0.15, -0.1) is 0 Å². The molecule has 2 aromatic carbocycles. The lowest BCUT2D eigenvalue weighted by Gasteiger charge is -2.29. The third-order valence-electron chi connectivity index (χ3n) is 5.48. The van der Waals surface area contributed by atoms with Crippen molar-refractivity contribution in [1.82, 2.24) is 10.2 Å². The summed E-state index contributed by atoms with van der Waals surface area (Å²) in [5.74, 6) is -1.14. The van der Waals surface area contributed by atoms with E-state index in [4.69, 9.17) is 9.47 Å². The Bertz CT molecular complexity index is 849. The molecule has 1 aliphatic carbocycles. The summed E-state index contributed by atoms with van der Waals surface area (Å²) in [7, 11) is 0. The number of hydrogen-bond acceptors (Lipinski definition) is 5. The maximum absolute atomic E-state index is 12.3. The Hall–Kier alpha value is -2.90. The van der Waals surface area contributed by atoms with Crippen LogP contribution in [0.2, 0.25) is 0 Å². The molecule has 1 saturated heterocycles. The molecule has 7 nitrogen and oxygen atoms in total. The average Bonchev–Trinajstić information content (AvgIpc) is 3.06. The number of nitrogens with zero attached hydrogens (tertiary/aromatic N) is 1. The number of carboxylic acids is 1. The van der Waals surface area contributed by atoms with E-state index in [0.717, 1.165) is 22.3 Å². The lowest BCUT2D eigenvalue weighted by Crippen LogP contribution is -2.51. The first-order chi connectivity index (χ1) is 14.1. The molecule has 7 heteroatoms. The van der Waals surface area contributed by atoms with Crippen LogP contribution in [-0.4, -0.2) is 67.6 Å². The lowest BCUT2D eigenvalue weighted by molar-refractivity contribution is -0.140. The van der Waals surface area contributed by atoms with Crippen LogP contribution in [0, 0.1) is 0 Å². The maximum atomic E-state index is 12.3. The van der Waals surface area contributed by atoms with Crippen molar-refractivity contribution < 1.29 is 24.2 Å². The number of ether oxygens (including phenoxy) is 2. The van der Waals surface area contributed by atoms with Crippen LogP contribution in [0.5, 0.6) is 0 Å². The molecule has 0 aromatic heterocycles. The molecule has 1 amide bonds. The Morgan fingerprint density at radius 2 is 1.66 bits per heavy atom. The fraction of sp³-hybridized carbons (Fsp3) is 0.364. The predicted octanol–water partition coefficient (Wildman–Crippen LogP) is 2.31. The molecule has 152 valence electrons. The van der Waals surface area contributed by atoms with Gasteiger partial charge >= 0.3 is 12.1 Å². The van der Waals surface area contributed by atoms with E-state index in [0.29, 0.717) is 26.3 Å². The van der Waals surface area contributed by atoms with Crippen molar-refractivity contribution in [3.05, 3.63) is 59.7 Å². The van der Waals surface area contributed by atoms with Gasteiger partial charge in [-0.2, -0.15) is 0 Å². The van der Waals surface area contributed by atoms with Gasteiger partial charge in [-0.05, 0) is 22.3 Å². The number of rotatable bonds is 6. The normalized spacial score (nSPS) is 17.2. The van der Waals surface area contributed by atoms with Crippen molar-refractivity contribution in [2.24, 2.45) is 0 Å². The molecule has 0 bridgehead atoms. The molecule has 1 heterocycles. The smallest absolute Gasteiger partial charge is 0.407 e. The van der Waals surface area contributed by atoms with Gasteiger partial charge in [-0.1, -0.05) is 48.5 Å². The molecule has 29 heavy (non-hydrogen) atoms. The summed E-state index contributed by atoms with van der Waals surface area (Å²) < 4.78 is 10.7. The number of morpholine rings is 1. The van der Waals surface area contributed by atoms with Crippen LogP contribution in [0.3, 0.4) is 0 Å². The highest BCUT2D eigenvalue weighted by molar-refractivity contribution is 5.81. The molecule has 2 N–H and O–H groups in total. The van der Waals surface area contributed by atoms with E-state index >= 15 is 0 Å². The minimum absolute atomic E-state index is 0.0596. The number of carbonyl (C=O) groups is 2. The summed E-state index contributed by atoms with van der Waals surface area (Å²) in [6.07, 6.45) is -0.715. The minimum Gasteiger partial charge on any atom is -0.480 e. The highest BCUT2D eigenvalue weighted by atomic mass is 16.5. The topological polar surface area (TPSA) is 88.1 Å². The molecular formula is C22H24N2O5. The molecule has 2 aromatic rings. The fourth-order valence-electron chi connectivity index (χ4n) is 4.01. The SMILES string of the molecule is O=C(NC(CN1CCOCC1)C(=O)O)OCC1c2ccccc2-c2ccccc21. The maximum Gasteiger partial charge on any atom is 0.407 e. The number of benzene rings is 2. The van der Waals surface area contributed by atoms with Gasteiger partial charge in [0, 0.05) is 25.6 Å². The monoisotopic (exact) mass is 396 g/mol. The first-order valence-electron chi connectivity index (χ1n) is 9.78. The van der Waals surface area contributed by atoms with E-state index in [1.807, 2.05) is 41.3 Å². The van der Waals surface area contributed by atoms with Gasteiger partial charge in [-0.3, -0.25) is 4.90 Å². The van der Waals surface area contributed by atoms with Gasteiger partial charge in [0.2, 0.25) is 0 Å². The van der Waals surface area contributed by atoms with Gasteiger partial charge < -0.3 is 19.9 Å². The van der Waals surface area contributed by atoms with E-state index in [1.54, 1.807) is 0 Å². The average molecular weight is 396 g/mol. The fourth-order valence-corrected chi connectivity index (χ4v) is 4.01. The Morgan fingerprint density at radius 3 is 2.24 bits per heavy atom. The lowest BCUT2D eigenvalue weighted by atomic mass is 9.98. The van der Waals surface area contributed by atoms with Crippen molar-refractivity contribution in [1.29, 1.82) is 0 Å². The van der Waals surface area contributed by atoms with Gasteiger partial charge in [0.25, 0.3) is 0 Å². The molecule has 0 radical (unpaired) electrons. The standard InChI is InChI=1S/C22H24N2O5/c25-21(26)20(13-24-9-11-28-12-10-24)23-22(27)29-14-19-17-7-3-1-5-15(17)16-6-2-4-8-18(16)19/h1-8,19-20H,9-14H2,(H,23,27)(H,25,26). The number of nitrogens with one attached hydrogen (secondary N) is 1. The second-order valence-electron chi connectivity index (χ2n) is 7.27. The molecule has 0 spiro atoms. The molecule has 1 atom stereocenters. The van der Waals surface area contributed by atoms with Crippen LogP contribution in [0.1, 0.15) is 17.0 Å². The van der Waals surface area contributed by atoms with Crippen molar-refractivity contribution in [2.45, 2.75) is 12.0 Å². The number of alkyl carbamates (subject to hydrolysis) is 1. The van der Waals surface area contributed by atoms with Crippen molar-refractivity contribution >= 4 is 12.1 Å². The summed E-state index contributed by atoms with van der Waals surface area (Å²) in [5.41, 5.74) is 4.52. The largest absolute Gasteiger partial charge is 0.480 e. The predicted molar refractivity (Wildman–Crippen MR) is 107 cm³/mol. The first-order valence-corrected chi connectivity index (χ1v) is 9.78. The molecule has 1 unspecified atom stereocenters. The molecule has 1 fully saturated rings. The van der Waals surface area contributed by atoms with Crippen LogP contribution in [0.15, 0.2) is 48.5 Å². The van der Waals surface area contributed by atoms with Crippen LogP contribution >= 0.6 is 0 Å². The Kier molecular flexibility index (Phi) is 5.78. The number of carboxylic acid groups (broad SMARTS) is 1. The van der Waals surface area contributed by atoms with Crippen molar-refractivity contribution in [3.63, 3.8) is 0 Å². The number of hydrogen-bond donors (Lipinski definition) is 2. The number of aliphatic carboxylic acids is 1. The van der Waals surface area contributed by atoms with Crippen molar-refractivity contribution in [2.75, 3.05) is 39.5 Å². The zero-order valence-electron chi connectivity index (χ0n) is 16.0. The summed E-state index contributed by atoms with van der Waals surface area (Å²) in [6.45, 7) is 2.81. The summed E-state index contributed by atoms with van der Waals surface area (Å²) in [5, 5.41) is 12.0. The van der Waals surface area contributed by atoms with Gasteiger partial charge in [0.15, 0.2) is 0 Å². The number of carbonyl (C=O) groups excluding carboxylic acids is 1. The summed E-state index contributed by atoms with van der Waals surface area (Å²) in [4.78, 5) is 25.9. The van der Waals surface area contributed by atoms with E-state index in [2.05, 4.69) is 17.4 Å². The Balaban J connectivity index is 1.39.